The van der Waals surface area contributed by atoms with Crippen molar-refractivity contribution in [2.75, 3.05) is 31.8 Å². The van der Waals surface area contributed by atoms with Gasteiger partial charge in [-0.3, -0.25) is 14.5 Å². The van der Waals surface area contributed by atoms with Crippen molar-refractivity contribution in [3.8, 4) is 17.2 Å². The Labute approximate surface area is 232 Å². The van der Waals surface area contributed by atoms with E-state index in [9.17, 15) is 9.59 Å². The Hall–Kier alpha value is -4.60. The van der Waals surface area contributed by atoms with Crippen LogP contribution in [0.1, 0.15) is 31.9 Å². The molecule has 1 aromatic heterocycles. The van der Waals surface area contributed by atoms with Gasteiger partial charge in [0, 0.05) is 18.3 Å². The molecule has 3 aromatic carbocycles. The number of nitrogens with one attached hydrogen (secondary N) is 1. The molecule has 2 heterocycles. The molecule has 0 saturated heterocycles. The van der Waals surface area contributed by atoms with Crippen molar-refractivity contribution < 1.29 is 23.8 Å². The van der Waals surface area contributed by atoms with Crippen LogP contribution < -0.4 is 24.4 Å². The van der Waals surface area contributed by atoms with Crippen molar-refractivity contribution in [1.82, 2.24) is 20.3 Å². The molecule has 1 aliphatic heterocycles. The van der Waals surface area contributed by atoms with Crippen LogP contribution in [-0.4, -0.2) is 53.7 Å². The Morgan fingerprint density at radius 2 is 1.82 bits per heavy atom. The number of para-hydroxylation sites is 1. The first-order chi connectivity index (χ1) is 19.4. The van der Waals surface area contributed by atoms with E-state index in [0.717, 1.165) is 11.9 Å². The minimum absolute atomic E-state index is 0.130. The van der Waals surface area contributed by atoms with Gasteiger partial charge in [-0.15, -0.1) is 5.10 Å². The van der Waals surface area contributed by atoms with Gasteiger partial charge in [0.15, 0.2) is 11.5 Å². The molecular formula is C30H33N5O5. The highest BCUT2D eigenvalue weighted by Gasteiger charge is 2.34. The zero-order chi connectivity index (χ0) is 28.1. The van der Waals surface area contributed by atoms with E-state index in [1.54, 1.807) is 48.2 Å². The van der Waals surface area contributed by atoms with Gasteiger partial charge in [0.05, 0.1) is 12.6 Å². The van der Waals surface area contributed by atoms with Crippen LogP contribution in [0.15, 0.2) is 66.7 Å². The maximum atomic E-state index is 14.2. The largest absolute Gasteiger partial charge is 0.497 e. The lowest BCUT2D eigenvalue weighted by Gasteiger charge is -2.32. The molecule has 2 amide bonds. The number of hydrogen-bond donors (Lipinski definition) is 1. The van der Waals surface area contributed by atoms with E-state index in [0.29, 0.717) is 59.7 Å². The number of anilines is 1. The summed E-state index contributed by atoms with van der Waals surface area (Å²) in [6.45, 7) is 5.38. The minimum atomic E-state index is -0.993. The number of ether oxygens (including phenoxy) is 3. The number of fused-ring (bicyclic) bond motifs is 2. The lowest BCUT2D eigenvalue weighted by atomic mass is 10.0. The third-order valence-corrected chi connectivity index (χ3v) is 6.71. The highest BCUT2D eigenvalue weighted by atomic mass is 16.6. The fourth-order valence-corrected chi connectivity index (χ4v) is 4.67. The van der Waals surface area contributed by atoms with Gasteiger partial charge < -0.3 is 19.5 Å². The van der Waals surface area contributed by atoms with Gasteiger partial charge in [-0.25, -0.2) is 4.68 Å². The molecular weight excluding hydrogens is 510 g/mol. The van der Waals surface area contributed by atoms with Crippen LogP contribution in [0.25, 0.3) is 11.0 Å². The predicted octanol–water partition coefficient (Wildman–Crippen LogP) is 4.15. The molecule has 0 spiro atoms. The number of aromatic nitrogens is 3. The highest BCUT2D eigenvalue weighted by molar-refractivity contribution is 6.01. The third kappa shape index (κ3) is 5.85. The Morgan fingerprint density at radius 3 is 2.62 bits per heavy atom. The Balaban J connectivity index is 1.59. The van der Waals surface area contributed by atoms with Gasteiger partial charge in [-0.1, -0.05) is 43.3 Å². The van der Waals surface area contributed by atoms with E-state index >= 15 is 0 Å². The summed E-state index contributed by atoms with van der Waals surface area (Å²) in [4.78, 5) is 29.6. The molecule has 0 saturated carbocycles. The fourth-order valence-electron chi connectivity index (χ4n) is 4.67. The maximum Gasteiger partial charge on any atom is 0.249 e. The predicted molar refractivity (Wildman–Crippen MR) is 151 cm³/mol. The molecule has 208 valence electrons. The first-order valence-electron chi connectivity index (χ1n) is 13.4. The molecule has 0 radical (unpaired) electrons. The topological polar surface area (TPSA) is 108 Å². The molecule has 1 unspecified atom stereocenters. The maximum absolute atomic E-state index is 14.2. The van der Waals surface area contributed by atoms with Crippen molar-refractivity contribution in [2.24, 2.45) is 5.92 Å². The first kappa shape index (κ1) is 27.0. The summed E-state index contributed by atoms with van der Waals surface area (Å²) >= 11 is 0. The summed E-state index contributed by atoms with van der Waals surface area (Å²) in [6.07, 6.45) is 0.805. The lowest BCUT2D eigenvalue weighted by molar-refractivity contribution is -0.127. The molecule has 0 aliphatic carbocycles. The SMILES string of the molecule is COc1cccc(C(C(=O)NCCC(C)C)N(C(=O)Cn2nnc3ccccc32)c2ccc3c(c2)OCCO3)c1. The number of carbonyl (C=O) groups excluding carboxylic acids is 2. The van der Waals surface area contributed by atoms with Gasteiger partial charge in [0.2, 0.25) is 11.8 Å². The quantitative estimate of drug-likeness (QED) is 0.320. The zero-order valence-corrected chi connectivity index (χ0v) is 22.9. The van der Waals surface area contributed by atoms with Crippen LogP contribution in [0, 0.1) is 5.92 Å². The number of benzene rings is 3. The monoisotopic (exact) mass is 543 g/mol. The van der Waals surface area contributed by atoms with Gasteiger partial charge in [0.25, 0.3) is 0 Å². The van der Waals surface area contributed by atoms with Crippen LogP contribution in [0.3, 0.4) is 0 Å². The number of carbonyl (C=O) groups is 2. The normalized spacial score (nSPS) is 13.2. The lowest BCUT2D eigenvalue weighted by Crippen LogP contribution is -2.45. The summed E-state index contributed by atoms with van der Waals surface area (Å²) in [7, 11) is 1.57. The van der Waals surface area contributed by atoms with E-state index in [-0.39, 0.29) is 18.4 Å². The molecule has 5 rings (SSSR count). The molecule has 10 heteroatoms. The summed E-state index contributed by atoms with van der Waals surface area (Å²) in [5, 5.41) is 11.4. The molecule has 1 N–H and O–H groups in total. The second kappa shape index (κ2) is 12.1. The van der Waals surface area contributed by atoms with E-state index in [1.807, 2.05) is 30.3 Å². The van der Waals surface area contributed by atoms with Gasteiger partial charge in [0.1, 0.15) is 37.1 Å². The third-order valence-electron chi connectivity index (χ3n) is 6.71. The first-order valence-corrected chi connectivity index (χ1v) is 13.4. The van der Waals surface area contributed by atoms with E-state index in [4.69, 9.17) is 14.2 Å². The van der Waals surface area contributed by atoms with Crippen LogP contribution in [0.5, 0.6) is 17.2 Å². The average Bonchev–Trinajstić information content (AvgIpc) is 3.37. The number of amides is 2. The van der Waals surface area contributed by atoms with Crippen LogP contribution >= 0.6 is 0 Å². The van der Waals surface area contributed by atoms with Crippen LogP contribution in [0.2, 0.25) is 0 Å². The molecule has 4 aromatic rings. The average molecular weight is 544 g/mol. The van der Waals surface area contributed by atoms with Gasteiger partial charge in [-0.05, 0) is 54.3 Å². The molecule has 0 fully saturated rings. The van der Waals surface area contributed by atoms with Crippen molar-refractivity contribution in [3.63, 3.8) is 0 Å². The minimum Gasteiger partial charge on any atom is -0.497 e. The molecule has 40 heavy (non-hydrogen) atoms. The summed E-state index contributed by atoms with van der Waals surface area (Å²) < 4.78 is 18.5. The molecule has 1 aliphatic rings. The standard InChI is InChI=1S/C30H33N5O5/c1-20(2)13-14-31-30(37)29(21-7-6-8-23(17-21)38-3)35(22-11-12-26-27(18-22)40-16-15-39-26)28(36)19-34-25-10-5-4-9-24(25)32-33-34/h4-12,17-18,20,29H,13-16,19H2,1-3H3,(H,31,37). The fraction of sp³-hybridized carbons (Fsp3) is 0.333. The Bertz CT molecular complexity index is 1500. The summed E-state index contributed by atoms with van der Waals surface area (Å²) in [6, 6.07) is 18.9. The van der Waals surface area contributed by atoms with Crippen LogP contribution in [0.4, 0.5) is 5.69 Å². The summed E-state index contributed by atoms with van der Waals surface area (Å²) in [5.74, 6) is 1.43. The number of methoxy groups -OCH3 is 1. The van der Waals surface area contributed by atoms with E-state index < -0.39 is 6.04 Å². The smallest absolute Gasteiger partial charge is 0.249 e. The number of hydrogen-bond acceptors (Lipinski definition) is 7. The van der Waals surface area contributed by atoms with Crippen LogP contribution in [-0.2, 0) is 16.1 Å². The van der Waals surface area contributed by atoms with Gasteiger partial charge >= 0.3 is 0 Å². The van der Waals surface area contributed by atoms with E-state index in [2.05, 4.69) is 29.5 Å². The van der Waals surface area contributed by atoms with Gasteiger partial charge in [-0.2, -0.15) is 0 Å². The highest BCUT2D eigenvalue weighted by Crippen LogP contribution is 2.37. The second-order valence-corrected chi connectivity index (χ2v) is 9.98. The molecule has 1 atom stereocenters. The Morgan fingerprint density at radius 1 is 1.02 bits per heavy atom. The number of nitrogens with zero attached hydrogens (tertiary/aromatic N) is 4. The molecule has 10 nitrogen and oxygen atoms in total. The molecule has 0 bridgehead atoms. The summed E-state index contributed by atoms with van der Waals surface area (Å²) in [5.41, 5.74) is 2.49. The Kier molecular flexibility index (Phi) is 8.14. The number of rotatable bonds is 10. The van der Waals surface area contributed by atoms with Crippen molar-refractivity contribution in [3.05, 3.63) is 72.3 Å². The van der Waals surface area contributed by atoms with Crippen molar-refractivity contribution >= 4 is 28.5 Å². The van der Waals surface area contributed by atoms with Crippen molar-refractivity contribution in [2.45, 2.75) is 32.9 Å². The van der Waals surface area contributed by atoms with E-state index in [1.165, 1.54) is 4.90 Å². The zero-order valence-electron chi connectivity index (χ0n) is 22.9. The second-order valence-electron chi connectivity index (χ2n) is 9.98. The van der Waals surface area contributed by atoms with Crippen molar-refractivity contribution in [1.29, 1.82) is 0 Å².